The fraction of sp³-hybridized carbons (Fsp3) is 0.135. The molecule has 3 N–H and O–H groups in total. The molecule has 61 heavy (non-hydrogen) atoms. The number of benzene rings is 6. The van der Waals surface area contributed by atoms with Crippen LogP contribution in [-0.2, 0) is 41.9 Å². The molecule has 0 saturated carbocycles. The first kappa shape index (κ1) is 46.0. The molecule has 0 bridgehead atoms. The topological polar surface area (TPSA) is 127 Å². The number of carboxylic acids is 3. The smallest absolute Gasteiger partial charge is 0.307 e. The first-order valence-electron chi connectivity index (χ1n) is 19.3. The van der Waals surface area contributed by atoms with Crippen molar-refractivity contribution in [2.24, 2.45) is 21.1 Å². The van der Waals surface area contributed by atoms with Crippen LogP contribution in [0.4, 0.5) is 0 Å². The molecule has 0 radical (unpaired) electrons. The molecule has 3 aromatic heterocycles. The van der Waals surface area contributed by atoms with Gasteiger partial charge >= 0.3 is 5.97 Å². The van der Waals surface area contributed by atoms with Crippen molar-refractivity contribution >= 4 is 50.6 Å². The Bertz CT molecular complexity index is 2680. The number of aliphatic carboxylic acids is 3. The van der Waals surface area contributed by atoms with E-state index >= 15 is 0 Å². The molecule has 0 aliphatic carbocycles. The number of hydrogen-bond donors (Lipinski definition) is 3. The van der Waals surface area contributed by atoms with Crippen molar-refractivity contribution in [3.63, 3.8) is 0 Å². The van der Waals surface area contributed by atoms with Crippen molar-refractivity contribution in [3.8, 4) is 33.8 Å². The highest BCUT2D eigenvalue weighted by Gasteiger charge is 2.18. The highest BCUT2D eigenvalue weighted by molar-refractivity contribution is 5.95. The minimum Gasteiger partial charge on any atom is -0.481 e. The number of nitrogens with zero attached hydrogens (tertiary/aromatic N) is 3. The second-order valence-electron chi connectivity index (χ2n) is 13.9. The Morgan fingerprint density at radius 1 is 0.443 bits per heavy atom. The average Bonchev–Trinajstić information content (AvgIpc) is 3.87. The molecule has 0 unspecified atom stereocenters. The van der Waals surface area contributed by atoms with Gasteiger partial charge in [-0.2, -0.15) is 0 Å². The van der Waals surface area contributed by atoms with Gasteiger partial charge in [0.2, 0.25) is 0 Å². The Labute approximate surface area is 357 Å². The first-order chi connectivity index (χ1) is 28.9. The molecule has 9 nitrogen and oxygen atoms in total. The zero-order valence-corrected chi connectivity index (χ0v) is 34.4. The lowest BCUT2D eigenvalue weighted by molar-refractivity contribution is -0.136. The number of aryl methyl sites for hydroxylation is 3. The molecule has 9 aromatic rings. The van der Waals surface area contributed by atoms with E-state index in [-0.39, 0.29) is 13.8 Å². The van der Waals surface area contributed by atoms with Crippen LogP contribution in [0.1, 0.15) is 26.8 Å². The van der Waals surface area contributed by atoms with E-state index in [0.29, 0.717) is 0 Å². The monoisotopic (exact) mass is 815 g/mol. The Kier molecular flexibility index (Phi) is 16.5. The summed E-state index contributed by atoms with van der Waals surface area (Å²) in [5.41, 5.74) is 11.6. The highest BCUT2D eigenvalue weighted by Crippen LogP contribution is 2.33. The van der Waals surface area contributed by atoms with Gasteiger partial charge in [-0.3, -0.25) is 14.4 Å². The third-order valence-corrected chi connectivity index (χ3v) is 9.63. The summed E-state index contributed by atoms with van der Waals surface area (Å²) in [7, 11) is 6.21. The predicted molar refractivity (Wildman–Crippen MR) is 250 cm³/mol. The lowest BCUT2D eigenvalue weighted by Gasteiger charge is -2.07. The van der Waals surface area contributed by atoms with Crippen LogP contribution in [0, 0.1) is 0 Å². The van der Waals surface area contributed by atoms with Gasteiger partial charge in [-0.15, -0.1) is 0 Å². The van der Waals surface area contributed by atoms with Crippen molar-refractivity contribution in [2.45, 2.75) is 27.7 Å². The maximum atomic E-state index is 11.2. The summed E-state index contributed by atoms with van der Waals surface area (Å²) in [6.45, 7) is 2.17. The molecule has 6 aromatic carbocycles. The van der Waals surface area contributed by atoms with E-state index in [0.717, 1.165) is 41.6 Å². The molecule has 0 amide bonds. The van der Waals surface area contributed by atoms with Gasteiger partial charge in [0.15, 0.2) is 0 Å². The third-order valence-electron chi connectivity index (χ3n) is 9.63. The fourth-order valence-corrected chi connectivity index (χ4v) is 7.12. The van der Waals surface area contributed by atoms with Crippen molar-refractivity contribution in [3.05, 3.63) is 181 Å². The molecule has 3 heterocycles. The van der Waals surface area contributed by atoms with Crippen LogP contribution in [0.15, 0.2) is 176 Å². The molecule has 0 aliphatic heterocycles. The van der Waals surface area contributed by atoms with E-state index in [2.05, 4.69) is 137 Å². The Morgan fingerprint density at radius 3 is 1.15 bits per heavy atom. The number of aromatic nitrogens is 3. The van der Waals surface area contributed by atoms with E-state index in [9.17, 15) is 9.90 Å². The zero-order valence-electron chi connectivity index (χ0n) is 34.4. The van der Waals surface area contributed by atoms with Crippen LogP contribution < -0.4 is 0 Å². The normalized spacial score (nSPS) is 10.0. The molecule has 0 aliphatic rings. The van der Waals surface area contributed by atoms with E-state index in [4.69, 9.17) is 19.8 Å². The molecule has 9 rings (SSSR count). The lowest BCUT2D eigenvalue weighted by atomic mass is 10.0. The quantitative estimate of drug-likeness (QED) is 0.159. The van der Waals surface area contributed by atoms with Crippen LogP contribution in [0.25, 0.3) is 66.5 Å². The molecule has 0 spiro atoms. The molecule has 0 fully saturated rings. The van der Waals surface area contributed by atoms with Crippen LogP contribution in [0.2, 0.25) is 0 Å². The summed E-state index contributed by atoms with van der Waals surface area (Å²) in [6.07, 6.45) is 0.0333. The van der Waals surface area contributed by atoms with E-state index < -0.39 is 17.9 Å². The summed E-state index contributed by atoms with van der Waals surface area (Å²) in [4.78, 5) is 29.2. The minimum atomic E-state index is -0.833. The van der Waals surface area contributed by atoms with E-state index in [1.165, 1.54) is 44.3 Å². The summed E-state index contributed by atoms with van der Waals surface area (Å²) in [5.74, 6) is -2.47. The van der Waals surface area contributed by atoms with Gasteiger partial charge in [-0.1, -0.05) is 153 Å². The Morgan fingerprint density at radius 2 is 0.770 bits per heavy atom. The van der Waals surface area contributed by atoms with Gasteiger partial charge in [-0.25, -0.2) is 0 Å². The maximum Gasteiger partial charge on any atom is 0.307 e. The number of fused-ring (bicyclic) bond motifs is 3. The minimum absolute atomic E-state index is 0. The second kappa shape index (κ2) is 21.9. The lowest BCUT2D eigenvalue weighted by Crippen LogP contribution is -2.02. The number of carbonyl (C=O) groups is 3. The van der Waals surface area contributed by atoms with Gasteiger partial charge in [0.1, 0.15) is 0 Å². The summed E-state index contributed by atoms with van der Waals surface area (Å²) < 4.78 is 6.55. The molecular formula is C52H53N3O6. The molecule has 0 atom stereocenters. The molecular weight excluding hydrogens is 763 g/mol. The molecule has 312 valence electrons. The summed E-state index contributed by atoms with van der Waals surface area (Å²) in [6, 6.07) is 60.3. The largest absolute Gasteiger partial charge is 0.481 e. The summed E-state index contributed by atoms with van der Waals surface area (Å²) in [5, 5.41) is 27.6. The van der Waals surface area contributed by atoms with Crippen molar-refractivity contribution < 1.29 is 29.7 Å². The SMILES string of the molecule is C.CC(=O)O.CC(=O)O.Cn1c(-c2ccccc2)c(CC(=O)O)c2ccccc21.Cn1c(-c2ccccc2)cc2ccccc21.Cn1c(-c2ccccc2)cc2ccccc21. The van der Waals surface area contributed by atoms with Gasteiger partial charge in [0, 0.05) is 79.1 Å². The Balaban J connectivity index is 0.000000185. The number of carboxylic acid groups (broad SMARTS) is 3. The molecule has 0 saturated heterocycles. The van der Waals surface area contributed by atoms with Crippen molar-refractivity contribution in [1.29, 1.82) is 0 Å². The second-order valence-corrected chi connectivity index (χ2v) is 13.9. The average molecular weight is 816 g/mol. The summed E-state index contributed by atoms with van der Waals surface area (Å²) >= 11 is 0. The van der Waals surface area contributed by atoms with Gasteiger partial charge in [0.05, 0.1) is 12.1 Å². The number of hydrogen-bond acceptors (Lipinski definition) is 3. The molecule has 9 heteroatoms. The zero-order chi connectivity index (χ0) is 43.2. The van der Waals surface area contributed by atoms with Gasteiger partial charge in [-0.05, 0) is 52.6 Å². The van der Waals surface area contributed by atoms with Crippen LogP contribution >= 0.6 is 0 Å². The third kappa shape index (κ3) is 12.0. The number of para-hydroxylation sites is 3. The first-order valence-corrected chi connectivity index (χ1v) is 19.3. The van der Waals surface area contributed by atoms with Crippen LogP contribution in [0.3, 0.4) is 0 Å². The fourth-order valence-electron chi connectivity index (χ4n) is 7.12. The Hall–Kier alpha value is -7.65. The predicted octanol–water partition coefficient (Wildman–Crippen LogP) is 12.0. The van der Waals surface area contributed by atoms with Crippen molar-refractivity contribution in [1.82, 2.24) is 13.7 Å². The van der Waals surface area contributed by atoms with Crippen LogP contribution in [-0.4, -0.2) is 46.9 Å². The van der Waals surface area contributed by atoms with Gasteiger partial charge in [0.25, 0.3) is 11.9 Å². The van der Waals surface area contributed by atoms with Crippen molar-refractivity contribution in [2.75, 3.05) is 0 Å². The highest BCUT2D eigenvalue weighted by atomic mass is 16.4. The van der Waals surface area contributed by atoms with Gasteiger partial charge < -0.3 is 29.0 Å². The standard InChI is InChI=1S/C17H15NO2.2C15H13N.2C2H4O2.CH4/c1-18-15-10-6-5-9-13(15)14(11-16(19)20)17(18)12-7-3-2-4-8-12;2*1-16-14-10-6-5-9-13(14)11-15(16)12-7-3-2-4-8-12;2*1-2(3)4;/h2-10H,11H2,1H3,(H,19,20);2*2-11H,1H3;2*1H3,(H,3,4);1H4. The number of rotatable bonds is 5. The van der Waals surface area contributed by atoms with E-state index in [1.54, 1.807) is 0 Å². The van der Waals surface area contributed by atoms with Crippen LogP contribution in [0.5, 0.6) is 0 Å². The van der Waals surface area contributed by atoms with E-state index in [1.807, 2.05) is 73.8 Å². The maximum absolute atomic E-state index is 11.2.